The molecule has 2 atom stereocenters. The molecule has 1 saturated carbocycles. The van der Waals surface area contributed by atoms with Gasteiger partial charge in [-0.05, 0) is 73.4 Å². The Hall–Kier alpha value is -3.02. The molecule has 0 amide bonds. The van der Waals surface area contributed by atoms with E-state index in [9.17, 15) is 0 Å². The normalized spacial score (nSPS) is 24.8. The molecule has 0 bridgehead atoms. The minimum absolute atomic E-state index is 0.403. The second-order valence-corrected chi connectivity index (χ2v) is 13.1. The summed E-state index contributed by atoms with van der Waals surface area (Å²) in [5, 5.41) is 6.08. The summed E-state index contributed by atoms with van der Waals surface area (Å²) in [7, 11) is 0. The van der Waals surface area contributed by atoms with Crippen molar-refractivity contribution in [2.45, 2.75) is 69.2 Å². The van der Waals surface area contributed by atoms with Gasteiger partial charge in [0.15, 0.2) is 0 Å². The van der Waals surface area contributed by atoms with Crippen molar-refractivity contribution in [2.24, 2.45) is 0 Å². The number of allylic oxidation sites excluding steroid dienone is 2. The lowest BCUT2D eigenvalue weighted by atomic mass is 9.63. The molecule has 7 heteroatoms. The van der Waals surface area contributed by atoms with Crippen LogP contribution in [0, 0.1) is 0 Å². The molecule has 0 spiro atoms. The van der Waals surface area contributed by atoms with Crippen LogP contribution in [-0.4, -0.2) is 26.3 Å². The molecule has 2 unspecified atom stereocenters. The van der Waals surface area contributed by atoms with Gasteiger partial charge in [-0.2, -0.15) is 5.10 Å². The number of fused-ring (bicyclic) bond motifs is 10. The molecular weight excluding hydrogens is 525 g/mol. The number of nitrogens with one attached hydrogen (secondary N) is 1. The summed E-state index contributed by atoms with van der Waals surface area (Å²) in [5.74, 6) is 1.50. The number of rotatable bonds is 3. The SMILES string of the molecule is CCc1cccc2c1-n1nc3c(c1C1(C)C2=CC(C)(Cl)c2[nH]ccc21)CN(c1ncc(C2CC2)cc1Cl)CC3. The highest BCUT2D eigenvalue weighted by Gasteiger charge is 2.51. The Morgan fingerprint density at radius 1 is 1.18 bits per heavy atom. The van der Waals surface area contributed by atoms with Crippen LogP contribution in [0.25, 0.3) is 11.3 Å². The fraction of sp³-hybridized carbons (Fsp3) is 0.375. The van der Waals surface area contributed by atoms with Gasteiger partial charge in [0, 0.05) is 48.7 Å². The van der Waals surface area contributed by atoms with Crippen LogP contribution in [0.1, 0.15) is 84.4 Å². The van der Waals surface area contributed by atoms with E-state index in [0.29, 0.717) is 5.92 Å². The number of pyridine rings is 1. The summed E-state index contributed by atoms with van der Waals surface area (Å²) in [4.78, 5) is 10.1. The maximum absolute atomic E-state index is 7.21. The average molecular weight is 557 g/mol. The molecule has 1 fully saturated rings. The van der Waals surface area contributed by atoms with Gasteiger partial charge < -0.3 is 9.88 Å². The summed E-state index contributed by atoms with van der Waals surface area (Å²) in [6.07, 6.45) is 10.6. The van der Waals surface area contributed by atoms with E-state index in [1.807, 2.05) is 12.4 Å². The fourth-order valence-corrected chi connectivity index (χ4v) is 7.88. The van der Waals surface area contributed by atoms with E-state index in [-0.39, 0.29) is 0 Å². The van der Waals surface area contributed by atoms with E-state index in [1.54, 1.807) is 0 Å². The summed E-state index contributed by atoms with van der Waals surface area (Å²) in [6.45, 7) is 8.22. The maximum atomic E-state index is 7.21. The zero-order valence-electron chi connectivity index (χ0n) is 22.5. The number of hydrogen-bond donors (Lipinski definition) is 1. The topological polar surface area (TPSA) is 49.7 Å². The zero-order chi connectivity index (χ0) is 26.7. The number of nitrogens with zero attached hydrogens (tertiary/aromatic N) is 4. The maximum Gasteiger partial charge on any atom is 0.147 e. The highest BCUT2D eigenvalue weighted by Crippen LogP contribution is 2.58. The summed E-state index contributed by atoms with van der Waals surface area (Å²) < 4.78 is 2.26. The number of para-hydroxylation sites is 1. The molecule has 1 N–H and O–H groups in total. The van der Waals surface area contributed by atoms with Gasteiger partial charge in [-0.3, -0.25) is 0 Å². The van der Waals surface area contributed by atoms with E-state index in [0.717, 1.165) is 42.5 Å². The van der Waals surface area contributed by atoms with Gasteiger partial charge in [0.05, 0.1) is 27.5 Å². The van der Waals surface area contributed by atoms with E-state index < -0.39 is 10.3 Å². The monoisotopic (exact) mass is 555 g/mol. The second-order valence-electron chi connectivity index (χ2n) is 11.9. The standard InChI is InChI=1S/C32H31Cl2N5/c1-4-18-6-5-7-21-24-15-31(2,34)28-23(10-12-35-28)32(24,3)29-22-17-38(13-11-26(22)37-39(29)27(18)21)30-25(33)14-20(16-36-30)19-8-9-19/h5-7,10,12,14-16,19,35H,4,8-9,11,13,17H2,1-3H3. The summed E-state index contributed by atoms with van der Waals surface area (Å²) in [5.41, 5.74) is 11.8. The van der Waals surface area contributed by atoms with Crippen molar-refractivity contribution in [3.63, 3.8) is 0 Å². The number of aromatic nitrogens is 4. The largest absolute Gasteiger partial charge is 0.363 e. The number of halogens is 2. The lowest BCUT2D eigenvalue weighted by Crippen LogP contribution is -2.40. The molecule has 4 aromatic rings. The highest BCUT2D eigenvalue weighted by molar-refractivity contribution is 6.33. The molecule has 5 heterocycles. The van der Waals surface area contributed by atoms with E-state index in [2.05, 4.69) is 71.7 Å². The Morgan fingerprint density at radius 2 is 2.03 bits per heavy atom. The van der Waals surface area contributed by atoms with E-state index in [1.165, 1.54) is 63.3 Å². The van der Waals surface area contributed by atoms with Crippen molar-refractivity contribution in [3.05, 3.63) is 98.7 Å². The van der Waals surface area contributed by atoms with Gasteiger partial charge in [-0.25, -0.2) is 9.67 Å². The van der Waals surface area contributed by atoms with Crippen LogP contribution in [-0.2, 0) is 29.7 Å². The molecule has 2 aliphatic heterocycles. The molecule has 8 rings (SSSR count). The quantitative estimate of drug-likeness (QED) is 0.267. The second kappa shape index (κ2) is 8.02. The van der Waals surface area contributed by atoms with Gasteiger partial charge >= 0.3 is 0 Å². The van der Waals surface area contributed by atoms with Crippen LogP contribution in [0.2, 0.25) is 5.02 Å². The minimum atomic E-state index is -0.623. The van der Waals surface area contributed by atoms with Crippen LogP contribution < -0.4 is 4.90 Å². The number of hydrogen-bond acceptors (Lipinski definition) is 3. The highest BCUT2D eigenvalue weighted by atomic mass is 35.5. The van der Waals surface area contributed by atoms with Crippen molar-refractivity contribution in [3.8, 4) is 5.69 Å². The van der Waals surface area contributed by atoms with Gasteiger partial charge in [0.2, 0.25) is 0 Å². The fourth-order valence-electron chi connectivity index (χ4n) is 7.32. The Morgan fingerprint density at radius 3 is 2.79 bits per heavy atom. The van der Waals surface area contributed by atoms with Crippen molar-refractivity contribution in [2.75, 3.05) is 11.4 Å². The zero-order valence-corrected chi connectivity index (χ0v) is 24.0. The van der Waals surface area contributed by atoms with Crippen LogP contribution >= 0.6 is 23.2 Å². The average Bonchev–Trinajstić information content (AvgIpc) is 3.50. The van der Waals surface area contributed by atoms with E-state index in [4.69, 9.17) is 33.3 Å². The predicted molar refractivity (Wildman–Crippen MR) is 157 cm³/mol. The number of anilines is 1. The Labute approximate surface area is 238 Å². The van der Waals surface area contributed by atoms with Crippen molar-refractivity contribution >= 4 is 34.6 Å². The van der Waals surface area contributed by atoms with Crippen molar-refractivity contribution in [1.29, 1.82) is 0 Å². The molecule has 5 nitrogen and oxygen atoms in total. The van der Waals surface area contributed by atoms with Gasteiger partial charge in [0.25, 0.3) is 0 Å². The first-order chi connectivity index (χ1) is 18.8. The lowest BCUT2D eigenvalue weighted by Gasteiger charge is -2.45. The summed E-state index contributed by atoms with van der Waals surface area (Å²) in [6, 6.07) is 11.0. The molecule has 0 saturated heterocycles. The molecule has 3 aromatic heterocycles. The van der Waals surface area contributed by atoms with Crippen LogP contribution in [0.5, 0.6) is 0 Å². The molecule has 39 heavy (non-hydrogen) atoms. The first-order valence-corrected chi connectivity index (χ1v) is 14.8. The lowest BCUT2D eigenvalue weighted by molar-refractivity contribution is 0.598. The smallest absolute Gasteiger partial charge is 0.147 e. The molecule has 2 aliphatic carbocycles. The predicted octanol–water partition coefficient (Wildman–Crippen LogP) is 7.42. The molecule has 198 valence electrons. The molecule has 1 aromatic carbocycles. The van der Waals surface area contributed by atoms with Gasteiger partial charge in [-0.1, -0.05) is 42.8 Å². The number of aryl methyl sites for hydroxylation is 1. The molecular formula is C32H31Cl2N5. The Balaban J connectivity index is 1.35. The third kappa shape index (κ3) is 3.20. The first-order valence-electron chi connectivity index (χ1n) is 14.1. The summed E-state index contributed by atoms with van der Waals surface area (Å²) >= 11 is 14.1. The van der Waals surface area contributed by atoms with Crippen molar-refractivity contribution in [1.82, 2.24) is 19.7 Å². The first kappa shape index (κ1) is 23.8. The van der Waals surface area contributed by atoms with Crippen LogP contribution in [0.15, 0.2) is 48.8 Å². The Kier molecular flexibility index (Phi) is 4.90. The number of H-pyrrole nitrogens is 1. The van der Waals surface area contributed by atoms with Crippen LogP contribution in [0.3, 0.4) is 0 Å². The van der Waals surface area contributed by atoms with Gasteiger partial charge in [-0.15, -0.1) is 11.6 Å². The number of benzene rings is 1. The third-order valence-corrected chi connectivity index (χ3v) is 10.0. The van der Waals surface area contributed by atoms with E-state index >= 15 is 0 Å². The van der Waals surface area contributed by atoms with Crippen molar-refractivity contribution < 1.29 is 0 Å². The Bertz CT molecular complexity index is 1710. The molecule has 0 radical (unpaired) electrons. The molecule has 4 aliphatic rings. The van der Waals surface area contributed by atoms with Gasteiger partial charge in [0.1, 0.15) is 10.7 Å². The minimum Gasteiger partial charge on any atom is -0.363 e. The van der Waals surface area contributed by atoms with Crippen LogP contribution in [0.4, 0.5) is 5.82 Å². The number of aromatic amines is 1. The number of alkyl halides is 1. The third-order valence-electron chi connectivity index (χ3n) is 9.43.